The van der Waals surface area contributed by atoms with Crippen molar-refractivity contribution in [3.8, 4) is 0 Å². The average molecular weight is 183 g/mol. The van der Waals surface area contributed by atoms with Gasteiger partial charge in [0, 0.05) is 17.9 Å². The van der Waals surface area contributed by atoms with E-state index in [1.165, 1.54) is 6.42 Å². The number of ketones is 1. The molecule has 1 rings (SSSR count). The average Bonchev–Trinajstić information content (AvgIpc) is 1.98. The largest absolute Gasteiger partial charge is 0.309 e. The second-order valence-corrected chi connectivity index (χ2v) is 5.10. The maximum Gasteiger partial charge on any atom is 0.142 e. The first-order valence-electron chi connectivity index (χ1n) is 5.12. The Morgan fingerprint density at radius 3 is 2.62 bits per heavy atom. The normalized spacial score (nSPS) is 28.1. The zero-order valence-corrected chi connectivity index (χ0v) is 9.26. The van der Waals surface area contributed by atoms with Crippen LogP contribution >= 0.6 is 0 Å². The van der Waals surface area contributed by atoms with Crippen molar-refractivity contribution in [1.29, 1.82) is 0 Å². The van der Waals surface area contributed by atoms with Gasteiger partial charge in [-0.25, -0.2) is 0 Å². The molecule has 2 nitrogen and oxygen atoms in total. The first-order chi connectivity index (χ1) is 5.93. The maximum absolute atomic E-state index is 12.0. The Morgan fingerprint density at radius 2 is 2.08 bits per heavy atom. The second kappa shape index (κ2) is 3.79. The van der Waals surface area contributed by atoms with Crippen molar-refractivity contribution in [1.82, 2.24) is 4.90 Å². The summed E-state index contributed by atoms with van der Waals surface area (Å²) in [4.78, 5) is 14.1. The fraction of sp³-hybridized carbons (Fsp3) is 0.909. The minimum absolute atomic E-state index is 0.0705. The third-order valence-corrected chi connectivity index (χ3v) is 2.98. The van der Waals surface area contributed by atoms with Gasteiger partial charge in [0.15, 0.2) is 0 Å². The Hall–Kier alpha value is -0.370. The summed E-state index contributed by atoms with van der Waals surface area (Å²) in [7, 11) is 4.07. The number of carbonyl (C=O) groups is 1. The lowest BCUT2D eigenvalue weighted by Crippen LogP contribution is -2.39. The Bertz CT molecular complexity index is 196. The first-order valence-corrected chi connectivity index (χ1v) is 5.12. The monoisotopic (exact) mass is 183 g/mol. The molecule has 0 aromatic carbocycles. The van der Waals surface area contributed by atoms with Crippen LogP contribution in [0.15, 0.2) is 0 Å². The molecular formula is C11H21NO. The highest BCUT2D eigenvalue weighted by Gasteiger charge is 2.36. The van der Waals surface area contributed by atoms with E-state index < -0.39 is 0 Å². The zero-order valence-electron chi connectivity index (χ0n) is 9.26. The number of Topliss-reactive ketones (excluding diaryl/α,β-unsaturated/α-hetero) is 1. The Kier molecular flexibility index (Phi) is 3.12. The molecule has 0 bridgehead atoms. The van der Waals surface area contributed by atoms with Gasteiger partial charge in [0.25, 0.3) is 0 Å². The molecule has 0 saturated heterocycles. The first kappa shape index (κ1) is 10.7. The lowest BCUT2D eigenvalue weighted by Gasteiger charge is -2.34. The van der Waals surface area contributed by atoms with E-state index in [0.29, 0.717) is 5.78 Å². The summed E-state index contributed by atoms with van der Waals surface area (Å²) in [5.41, 5.74) is -0.0705. The summed E-state index contributed by atoms with van der Waals surface area (Å²) in [6, 6.07) is 0. The SMILES string of the molecule is CN(C)CC1CCCC(C)(C)C1=O. The minimum atomic E-state index is -0.0705. The molecule has 0 aromatic heterocycles. The highest BCUT2D eigenvalue weighted by Crippen LogP contribution is 2.35. The minimum Gasteiger partial charge on any atom is -0.309 e. The van der Waals surface area contributed by atoms with Crippen molar-refractivity contribution in [3.63, 3.8) is 0 Å². The maximum atomic E-state index is 12.0. The van der Waals surface area contributed by atoms with Gasteiger partial charge in [-0.15, -0.1) is 0 Å². The predicted octanol–water partition coefficient (Wildman–Crippen LogP) is 1.94. The van der Waals surface area contributed by atoms with Crippen LogP contribution in [0.4, 0.5) is 0 Å². The summed E-state index contributed by atoms with van der Waals surface area (Å²) < 4.78 is 0. The predicted molar refractivity (Wildman–Crippen MR) is 54.7 cm³/mol. The van der Waals surface area contributed by atoms with Gasteiger partial charge in [-0.3, -0.25) is 4.79 Å². The van der Waals surface area contributed by atoms with Gasteiger partial charge in [0.05, 0.1) is 0 Å². The fourth-order valence-corrected chi connectivity index (χ4v) is 2.21. The van der Waals surface area contributed by atoms with E-state index in [-0.39, 0.29) is 11.3 Å². The number of hydrogen-bond donors (Lipinski definition) is 0. The molecule has 0 heterocycles. The van der Waals surface area contributed by atoms with Crippen LogP contribution in [0.3, 0.4) is 0 Å². The van der Waals surface area contributed by atoms with Gasteiger partial charge < -0.3 is 4.90 Å². The van der Waals surface area contributed by atoms with Gasteiger partial charge >= 0.3 is 0 Å². The molecule has 0 spiro atoms. The lowest BCUT2D eigenvalue weighted by atomic mass is 9.71. The van der Waals surface area contributed by atoms with Crippen LogP contribution < -0.4 is 0 Å². The van der Waals surface area contributed by atoms with E-state index in [0.717, 1.165) is 19.4 Å². The topological polar surface area (TPSA) is 20.3 Å². The molecule has 1 saturated carbocycles. The highest BCUT2D eigenvalue weighted by molar-refractivity contribution is 5.87. The number of nitrogens with zero attached hydrogens (tertiary/aromatic N) is 1. The summed E-state index contributed by atoms with van der Waals surface area (Å²) in [6.07, 6.45) is 3.35. The van der Waals surface area contributed by atoms with Crippen molar-refractivity contribution < 1.29 is 4.79 Å². The Labute approximate surface area is 81.3 Å². The van der Waals surface area contributed by atoms with Crippen molar-refractivity contribution in [2.24, 2.45) is 11.3 Å². The molecule has 0 aliphatic heterocycles. The third kappa shape index (κ3) is 2.53. The quantitative estimate of drug-likeness (QED) is 0.652. The summed E-state index contributed by atoms with van der Waals surface area (Å²) in [5, 5.41) is 0. The van der Waals surface area contributed by atoms with Crippen molar-refractivity contribution in [2.45, 2.75) is 33.1 Å². The van der Waals surface area contributed by atoms with Gasteiger partial charge in [0.2, 0.25) is 0 Å². The highest BCUT2D eigenvalue weighted by atomic mass is 16.1. The van der Waals surface area contributed by atoms with Crippen LogP contribution in [0.5, 0.6) is 0 Å². The molecule has 1 fully saturated rings. The molecule has 1 atom stereocenters. The van der Waals surface area contributed by atoms with Crippen LogP contribution in [-0.2, 0) is 4.79 Å². The van der Waals surface area contributed by atoms with Crippen molar-refractivity contribution in [3.05, 3.63) is 0 Å². The van der Waals surface area contributed by atoms with E-state index in [9.17, 15) is 4.79 Å². The Morgan fingerprint density at radius 1 is 1.46 bits per heavy atom. The van der Waals surface area contributed by atoms with Gasteiger partial charge in [0.1, 0.15) is 5.78 Å². The molecule has 0 aromatic rings. The van der Waals surface area contributed by atoms with E-state index >= 15 is 0 Å². The van der Waals surface area contributed by atoms with Crippen LogP contribution in [0.1, 0.15) is 33.1 Å². The summed E-state index contributed by atoms with van der Waals surface area (Å²) in [5.74, 6) is 0.742. The number of carbonyl (C=O) groups excluding carboxylic acids is 1. The molecular weight excluding hydrogens is 162 g/mol. The van der Waals surface area contributed by atoms with Crippen molar-refractivity contribution in [2.75, 3.05) is 20.6 Å². The third-order valence-electron chi connectivity index (χ3n) is 2.98. The number of hydrogen-bond acceptors (Lipinski definition) is 2. The van der Waals surface area contributed by atoms with Crippen molar-refractivity contribution >= 4 is 5.78 Å². The van der Waals surface area contributed by atoms with E-state index in [4.69, 9.17) is 0 Å². The van der Waals surface area contributed by atoms with E-state index in [1.54, 1.807) is 0 Å². The molecule has 13 heavy (non-hydrogen) atoms. The van der Waals surface area contributed by atoms with E-state index in [1.807, 2.05) is 14.1 Å². The van der Waals surface area contributed by atoms with Crippen LogP contribution in [0.25, 0.3) is 0 Å². The molecule has 0 amide bonds. The number of rotatable bonds is 2. The van der Waals surface area contributed by atoms with Gasteiger partial charge in [-0.2, -0.15) is 0 Å². The molecule has 1 aliphatic rings. The molecule has 2 heteroatoms. The summed E-state index contributed by atoms with van der Waals surface area (Å²) in [6.45, 7) is 5.08. The molecule has 1 aliphatic carbocycles. The molecule has 76 valence electrons. The molecule has 0 radical (unpaired) electrons. The Balaban J connectivity index is 2.61. The lowest BCUT2D eigenvalue weighted by molar-refractivity contribution is -0.134. The van der Waals surface area contributed by atoms with E-state index in [2.05, 4.69) is 18.7 Å². The van der Waals surface area contributed by atoms with Crippen LogP contribution in [-0.4, -0.2) is 31.3 Å². The molecule has 1 unspecified atom stereocenters. The summed E-state index contributed by atoms with van der Waals surface area (Å²) >= 11 is 0. The van der Waals surface area contributed by atoms with Crippen LogP contribution in [0.2, 0.25) is 0 Å². The molecule has 0 N–H and O–H groups in total. The van der Waals surface area contributed by atoms with Crippen LogP contribution in [0, 0.1) is 11.3 Å². The van der Waals surface area contributed by atoms with Gasteiger partial charge in [-0.1, -0.05) is 20.3 Å². The zero-order chi connectivity index (χ0) is 10.1. The fourth-order valence-electron chi connectivity index (χ4n) is 2.21. The van der Waals surface area contributed by atoms with Gasteiger partial charge in [-0.05, 0) is 26.9 Å². The smallest absolute Gasteiger partial charge is 0.142 e. The standard InChI is InChI=1S/C11H21NO/c1-11(2)7-5-6-9(10(11)13)8-12(3)4/h9H,5-8H2,1-4H3. The second-order valence-electron chi connectivity index (χ2n) is 5.10.